The molecule has 0 spiro atoms. The molecule has 0 aromatic heterocycles. The minimum Gasteiger partial charge on any atom is -0.468 e. The van der Waals surface area contributed by atoms with Crippen LogP contribution in [-0.4, -0.2) is 31.9 Å². The van der Waals surface area contributed by atoms with Crippen molar-refractivity contribution in [3.05, 3.63) is 34.9 Å². The van der Waals surface area contributed by atoms with Gasteiger partial charge in [-0.2, -0.15) is 0 Å². The first kappa shape index (κ1) is 15.9. The molecular weight excluding hydrogens is 260 g/mol. The Morgan fingerprint density at radius 2 is 1.80 bits per heavy atom. The van der Waals surface area contributed by atoms with Gasteiger partial charge in [0.25, 0.3) is 0 Å². The molecule has 0 aliphatic heterocycles. The lowest BCUT2D eigenvalue weighted by Gasteiger charge is -2.12. The summed E-state index contributed by atoms with van der Waals surface area (Å²) in [5.41, 5.74) is 1.41. The van der Waals surface area contributed by atoms with E-state index in [1.54, 1.807) is 12.1 Å². The highest BCUT2D eigenvalue weighted by molar-refractivity contribution is 6.10. The van der Waals surface area contributed by atoms with Gasteiger partial charge >= 0.3 is 11.9 Å². The van der Waals surface area contributed by atoms with Crippen molar-refractivity contribution in [3.8, 4) is 0 Å². The Bertz CT molecular complexity index is 533. The third-order valence-corrected chi connectivity index (χ3v) is 3.13. The zero-order chi connectivity index (χ0) is 15.3. The van der Waals surface area contributed by atoms with Gasteiger partial charge in [0, 0.05) is 5.56 Å². The summed E-state index contributed by atoms with van der Waals surface area (Å²) >= 11 is 0. The fourth-order valence-corrected chi connectivity index (χ4v) is 1.88. The highest BCUT2D eigenvalue weighted by Gasteiger charge is 2.26. The predicted molar refractivity (Wildman–Crippen MR) is 72.7 cm³/mol. The number of carbonyl (C=O) groups is 3. The fraction of sp³-hybridized carbons (Fsp3) is 0.400. The van der Waals surface area contributed by atoms with Gasteiger partial charge in [-0.05, 0) is 31.0 Å². The highest BCUT2D eigenvalue weighted by Crippen LogP contribution is 2.18. The maximum Gasteiger partial charge on any atom is 0.337 e. The molecule has 0 saturated carbocycles. The number of benzene rings is 1. The van der Waals surface area contributed by atoms with Crippen LogP contribution in [0.1, 0.15) is 40.1 Å². The largest absolute Gasteiger partial charge is 0.468 e. The van der Waals surface area contributed by atoms with Crippen molar-refractivity contribution in [1.82, 2.24) is 0 Å². The van der Waals surface area contributed by atoms with E-state index in [1.165, 1.54) is 27.2 Å². The van der Waals surface area contributed by atoms with Crippen molar-refractivity contribution >= 4 is 17.7 Å². The molecule has 108 valence electrons. The second kappa shape index (κ2) is 6.84. The Labute approximate surface area is 117 Å². The normalized spacial score (nSPS) is 11.6. The van der Waals surface area contributed by atoms with Crippen LogP contribution in [-0.2, 0) is 20.7 Å². The maximum atomic E-state index is 12.3. The van der Waals surface area contributed by atoms with Gasteiger partial charge in [-0.3, -0.25) is 9.59 Å². The SMILES string of the molecule is CCc1ccc(C(=O)OC)cc1C(=O)C(C)C(=O)OC. The molecule has 5 nitrogen and oxygen atoms in total. The summed E-state index contributed by atoms with van der Waals surface area (Å²) in [6, 6.07) is 4.76. The van der Waals surface area contributed by atoms with Gasteiger partial charge in [-0.15, -0.1) is 0 Å². The first-order chi connectivity index (χ1) is 9.46. The van der Waals surface area contributed by atoms with Crippen LogP contribution in [0.4, 0.5) is 0 Å². The van der Waals surface area contributed by atoms with Gasteiger partial charge in [0.2, 0.25) is 0 Å². The number of rotatable bonds is 5. The lowest BCUT2D eigenvalue weighted by Crippen LogP contribution is -2.23. The van der Waals surface area contributed by atoms with Gasteiger partial charge in [0.15, 0.2) is 5.78 Å². The lowest BCUT2D eigenvalue weighted by atomic mass is 9.92. The molecule has 0 radical (unpaired) electrons. The Kier molecular flexibility index (Phi) is 5.43. The topological polar surface area (TPSA) is 69.7 Å². The Morgan fingerprint density at radius 1 is 1.15 bits per heavy atom. The minimum absolute atomic E-state index is 0.283. The summed E-state index contributed by atoms with van der Waals surface area (Å²) in [5, 5.41) is 0. The zero-order valence-electron chi connectivity index (χ0n) is 12.1. The minimum atomic E-state index is -0.904. The molecule has 1 unspecified atom stereocenters. The molecule has 5 heteroatoms. The molecule has 0 bridgehead atoms. The number of carbonyl (C=O) groups excluding carboxylic acids is 3. The van der Waals surface area contributed by atoms with Crippen LogP contribution in [0.3, 0.4) is 0 Å². The Hall–Kier alpha value is -2.17. The third kappa shape index (κ3) is 3.23. The summed E-state index contributed by atoms with van der Waals surface area (Å²) in [4.78, 5) is 35.3. The number of Topliss-reactive ketones (excluding diaryl/α,β-unsaturated/α-hetero) is 1. The quantitative estimate of drug-likeness (QED) is 0.468. The monoisotopic (exact) mass is 278 g/mol. The van der Waals surface area contributed by atoms with E-state index in [1.807, 2.05) is 6.92 Å². The highest BCUT2D eigenvalue weighted by atomic mass is 16.5. The van der Waals surface area contributed by atoms with E-state index >= 15 is 0 Å². The van der Waals surface area contributed by atoms with Crippen molar-refractivity contribution in [2.45, 2.75) is 20.3 Å². The number of hydrogen-bond donors (Lipinski definition) is 0. The second-order valence-electron chi connectivity index (χ2n) is 4.33. The van der Waals surface area contributed by atoms with E-state index in [0.29, 0.717) is 12.0 Å². The summed E-state index contributed by atoms with van der Waals surface area (Å²) < 4.78 is 9.21. The second-order valence-corrected chi connectivity index (χ2v) is 4.33. The van der Waals surface area contributed by atoms with Gasteiger partial charge < -0.3 is 9.47 Å². The van der Waals surface area contributed by atoms with Crippen LogP contribution >= 0.6 is 0 Å². The van der Waals surface area contributed by atoms with Crippen molar-refractivity contribution < 1.29 is 23.9 Å². The molecule has 20 heavy (non-hydrogen) atoms. The molecule has 0 saturated heterocycles. The molecule has 1 aromatic carbocycles. The maximum absolute atomic E-state index is 12.3. The van der Waals surface area contributed by atoms with E-state index in [9.17, 15) is 14.4 Å². The summed E-state index contributed by atoms with van der Waals surface area (Å²) in [7, 11) is 2.51. The lowest BCUT2D eigenvalue weighted by molar-refractivity contribution is -0.143. The van der Waals surface area contributed by atoms with Crippen LogP contribution in [0, 0.1) is 5.92 Å². The van der Waals surface area contributed by atoms with Crippen LogP contribution < -0.4 is 0 Å². The number of methoxy groups -OCH3 is 2. The molecule has 0 amide bonds. The number of ketones is 1. The Morgan fingerprint density at radius 3 is 2.30 bits per heavy atom. The number of aryl methyl sites for hydroxylation is 1. The van der Waals surface area contributed by atoms with Gasteiger partial charge in [0.05, 0.1) is 19.8 Å². The Balaban J connectivity index is 3.23. The van der Waals surface area contributed by atoms with Crippen LogP contribution in [0.2, 0.25) is 0 Å². The van der Waals surface area contributed by atoms with Gasteiger partial charge in [-0.25, -0.2) is 4.79 Å². The molecule has 1 rings (SSSR count). The molecule has 0 heterocycles. The molecular formula is C15H18O5. The summed E-state index contributed by atoms with van der Waals surface area (Å²) in [5.74, 6) is -2.38. The van der Waals surface area contributed by atoms with Crippen molar-refractivity contribution in [2.75, 3.05) is 14.2 Å². The number of hydrogen-bond acceptors (Lipinski definition) is 5. The van der Waals surface area contributed by atoms with Crippen molar-refractivity contribution in [2.24, 2.45) is 5.92 Å². The average Bonchev–Trinajstić information content (AvgIpc) is 2.50. The molecule has 1 aromatic rings. The van der Waals surface area contributed by atoms with E-state index < -0.39 is 17.9 Å². The molecule has 0 aliphatic rings. The standard InChI is InChI=1S/C15H18O5/c1-5-10-6-7-11(15(18)20-4)8-12(10)13(16)9(2)14(17)19-3/h6-9H,5H2,1-4H3. The van der Waals surface area contributed by atoms with Gasteiger partial charge in [-0.1, -0.05) is 13.0 Å². The molecule has 1 atom stereocenters. The average molecular weight is 278 g/mol. The molecule has 0 aliphatic carbocycles. The van der Waals surface area contributed by atoms with Crippen molar-refractivity contribution in [3.63, 3.8) is 0 Å². The van der Waals surface area contributed by atoms with Gasteiger partial charge in [0.1, 0.15) is 5.92 Å². The first-order valence-electron chi connectivity index (χ1n) is 6.29. The van der Waals surface area contributed by atoms with Crippen molar-refractivity contribution in [1.29, 1.82) is 0 Å². The molecule has 0 fully saturated rings. The van der Waals surface area contributed by atoms with Crippen LogP contribution in [0.15, 0.2) is 18.2 Å². The van der Waals surface area contributed by atoms with Crippen LogP contribution in [0.25, 0.3) is 0 Å². The van der Waals surface area contributed by atoms with E-state index in [4.69, 9.17) is 0 Å². The first-order valence-corrected chi connectivity index (χ1v) is 6.29. The van der Waals surface area contributed by atoms with E-state index in [0.717, 1.165) is 5.56 Å². The predicted octanol–water partition coefficient (Wildman–Crippen LogP) is 2.03. The number of ether oxygens (including phenoxy) is 2. The smallest absolute Gasteiger partial charge is 0.337 e. The van der Waals surface area contributed by atoms with E-state index in [2.05, 4.69) is 9.47 Å². The number of esters is 2. The third-order valence-electron chi connectivity index (χ3n) is 3.13. The van der Waals surface area contributed by atoms with E-state index in [-0.39, 0.29) is 11.3 Å². The zero-order valence-corrected chi connectivity index (χ0v) is 12.1. The molecule has 0 N–H and O–H groups in total. The summed E-state index contributed by atoms with van der Waals surface area (Å²) in [6.45, 7) is 3.38. The van der Waals surface area contributed by atoms with Crippen LogP contribution in [0.5, 0.6) is 0 Å². The summed E-state index contributed by atoms with van der Waals surface area (Å²) in [6.07, 6.45) is 0.621. The fourth-order valence-electron chi connectivity index (χ4n) is 1.88.